The largest absolute Gasteiger partial charge is 0.310 e. The van der Waals surface area contributed by atoms with Gasteiger partial charge in [0.05, 0.1) is 11.4 Å². The standard InChI is InChI=1S/C14H9ClF5NS/c15-11-4-1-9(2-5-11)13-7-10-3-6-12(8-14(10)21-13)22(16,17,18,19)20/h1-8,13H/t13-/m0/s1. The molecule has 0 unspecified atom stereocenters. The SMILES string of the molecule is FS(F)(F)(F)(F)c1ccc2c(c1)=N[C@H](c1ccc(Cl)cc1)C=2. The zero-order chi connectivity index (χ0) is 16.2. The molecular weight excluding hydrogens is 345 g/mol. The van der Waals surface area contributed by atoms with Gasteiger partial charge in [-0.05, 0) is 41.1 Å². The molecule has 0 spiro atoms. The molecule has 0 radical (unpaired) electrons. The van der Waals surface area contributed by atoms with E-state index >= 15 is 0 Å². The summed E-state index contributed by atoms with van der Waals surface area (Å²) in [6.07, 6.45) is 1.62. The van der Waals surface area contributed by atoms with E-state index in [1.54, 1.807) is 30.3 Å². The fourth-order valence-corrected chi connectivity index (χ4v) is 2.99. The quantitative estimate of drug-likeness (QED) is 0.662. The van der Waals surface area contributed by atoms with Crippen molar-refractivity contribution < 1.29 is 19.4 Å². The van der Waals surface area contributed by atoms with E-state index in [0.29, 0.717) is 22.4 Å². The van der Waals surface area contributed by atoms with E-state index in [1.807, 2.05) is 0 Å². The van der Waals surface area contributed by atoms with E-state index in [1.165, 1.54) is 0 Å². The first kappa shape index (κ1) is 15.3. The monoisotopic (exact) mass is 353 g/mol. The Kier molecular flexibility index (Phi) is 2.80. The van der Waals surface area contributed by atoms with Gasteiger partial charge in [0, 0.05) is 5.02 Å². The fraction of sp³-hybridized carbons (Fsp3) is 0.0714. The van der Waals surface area contributed by atoms with Crippen LogP contribution < -0.4 is 10.6 Å². The normalized spacial score (nSPS) is 20.4. The second-order valence-electron chi connectivity index (χ2n) is 4.98. The number of hydrogen-bond donors (Lipinski definition) is 0. The minimum atomic E-state index is -9.69. The van der Waals surface area contributed by atoms with Crippen LogP contribution in [0.5, 0.6) is 0 Å². The second-order valence-corrected chi connectivity index (χ2v) is 7.83. The Morgan fingerprint density at radius 2 is 1.55 bits per heavy atom. The van der Waals surface area contributed by atoms with E-state index in [2.05, 4.69) is 4.99 Å². The first-order valence-electron chi connectivity index (χ1n) is 6.12. The van der Waals surface area contributed by atoms with Crippen molar-refractivity contribution in [3.63, 3.8) is 0 Å². The number of benzene rings is 2. The van der Waals surface area contributed by atoms with Crippen LogP contribution in [0.25, 0.3) is 6.08 Å². The average molecular weight is 354 g/mol. The van der Waals surface area contributed by atoms with E-state index in [4.69, 9.17) is 11.6 Å². The van der Waals surface area contributed by atoms with Crippen molar-refractivity contribution in [1.82, 2.24) is 0 Å². The van der Waals surface area contributed by atoms with Crippen molar-refractivity contribution in [1.29, 1.82) is 0 Å². The van der Waals surface area contributed by atoms with Gasteiger partial charge in [-0.25, -0.2) is 0 Å². The topological polar surface area (TPSA) is 12.4 Å². The molecule has 1 heterocycles. The lowest BCUT2D eigenvalue weighted by atomic mass is 10.1. The zero-order valence-electron chi connectivity index (χ0n) is 10.8. The van der Waals surface area contributed by atoms with Crippen LogP contribution in [0.3, 0.4) is 0 Å². The number of rotatable bonds is 2. The summed E-state index contributed by atoms with van der Waals surface area (Å²) in [4.78, 5) is 2.15. The Balaban J connectivity index is 2.09. The zero-order valence-corrected chi connectivity index (χ0v) is 12.4. The molecule has 22 heavy (non-hydrogen) atoms. The second kappa shape index (κ2) is 4.02. The fourth-order valence-electron chi connectivity index (χ4n) is 2.20. The highest BCUT2D eigenvalue weighted by atomic mass is 35.5. The van der Waals surface area contributed by atoms with Crippen molar-refractivity contribution in [2.75, 3.05) is 0 Å². The van der Waals surface area contributed by atoms with Gasteiger partial charge < -0.3 is 0 Å². The van der Waals surface area contributed by atoms with Crippen LogP contribution >= 0.6 is 21.8 Å². The first-order chi connectivity index (χ1) is 9.92. The van der Waals surface area contributed by atoms with Crippen molar-refractivity contribution in [2.24, 2.45) is 4.99 Å². The van der Waals surface area contributed by atoms with Crippen LogP contribution in [0.15, 0.2) is 52.4 Å². The number of hydrogen-bond acceptors (Lipinski definition) is 1. The molecule has 0 N–H and O–H groups in total. The van der Waals surface area contributed by atoms with E-state index in [-0.39, 0.29) is 5.36 Å². The average Bonchev–Trinajstić information content (AvgIpc) is 2.79. The summed E-state index contributed by atoms with van der Waals surface area (Å²) in [5.41, 5.74) is 0.717. The summed E-state index contributed by atoms with van der Waals surface area (Å²) in [5, 5.41) is 0.818. The van der Waals surface area contributed by atoms with Crippen molar-refractivity contribution >= 4 is 27.9 Å². The maximum absolute atomic E-state index is 12.8. The Labute approximate surface area is 127 Å². The molecule has 0 amide bonds. The maximum atomic E-state index is 12.8. The summed E-state index contributed by atoms with van der Waals surface area (Å²) < 4.78 is 64.1. The lowest BCUT2D eigenvalue weighted by Crippen LogP contribution is -2.23. The van der Waals surface area contributed by atoms with Gasteiger partial charge in [0.25, 0.3) is 0 Å². The van der Waals surface area contributed by atoms with E-state index in [9.17, 15) is 19.4 Å². The highest BCUT2D eigenvalue weighted by molar-refractivity contribution is 8.45. The number of fused-ring (bicyclic) bond motifs is 1. The highest BCUT2D eigenvalue weighted by Crippen LogP contribution is 3.01. The maximum Gasteiger partial charge on any atom is 0.310 e. The lowest BCUT2D eigenvalue weighted by molar-refractivity contribution is 0.364. The third kappa shape index (κ3) is 2.96. The van der Waals surface area contributed by atoms with E-state index in [0.717, 1.165) is 11.6 Å². The third-order valence-electron chi connectivity index (χ3n) is 3.27. The highest BCUT2D eigenvalue weighted by Gasteiger charge is 2.65. The number of nitrogens with zero attached hydrogens (tertiary/aromatic N) is 1. The summed E-state index contributed by atoms with van der Waals surface area (Å²) in [6, 6.07) is 7.93. The minimum Gasteiger partial charge on any atom is -0.272 e. The predicted molar refractivity (Wildman–Crippen MR) is 77.3 cm³/mol. The molecule has 1 nitrogen and oxygen atoms in total. The summed E-state index contributed by atoms with van der Waals surface area (Å²) in [7, 11) is -9.69. The van der Waals surface area contributed by atoms with Gasteiger partial charge in [-0.15, -0.1) is 0 Å². The van der Waals surface area contributed by atoms with Crippen LogP contribution in [0.2, 0.25) is 5.02 Å². The smallest absolute Gasteiger partial charge is 0.272 e. The van der Waals surface area contributed by atoms with Crippen molar-refractivity contribution in [3.8, 4) is 0 Å². The third-order valence-corrected chi connectivity index (χ3v) is 4.67. The molecule has 2 aromatic carbocycles. The summed E-state index contributed by atoms with van der Waals surface area (Å²) in [5.74, 6) is 0. The molecule has 2 aromatic rings. The summed E-state index contributed by atoms with van der Waals surface area (Å²) in [6.45, 7) is 0. The van der Waals surface area contributed by atoms with Gasteiger partial charge in [0.15, 0.2) is 0 Å². The van der Waals surface area contributed by atoms with Gasteiger partial charge in [-0.1, -0.05) is 49.2 Å². The van der Waals surface area contributed by atoms with Gasteiger partial charge in [-0.2, -0.15) is 0 Å². The molecule has 1 aliphatic rings. The Morgan fingerprint density at radius 3 is 2.14 bits per heavy atom. The first-order valence-corrected chi connectivity index (χ1v) is 8.45. The van der Waals surface area contributed by atoms with Gasteiger partial charge in [-0.3, -0.25) is 4.99 Å². The molecule has 0 fully saturated rings. The van der Waals surface area contributed by atoms with Crippen LogP contribution in [0.1, 0.15) is 11.6 Å². The van der Waals surface area contributed by atoms with Crippen LogP contribution in [-0.2, 0) is 0 Å². The van der Waals surface area contributed by atoms with Crippen LogP contribution in [0.4, 0.5) is 19.4 Å². The van der Waals surface area contributed by atoms with Crippen LogP contribution in [-0.4, -0.2) is 0 Å². The molecule has 3 rings (SSSR count). The summed E-state index contributed by atoms with van der Waals surface area (Å²) >= 11 is 5.76. The molecule has 1 atom stereocenters. The molecule has 0 saturated carbocycles. The van der Waals surface area contributed by atoms with Crippen molar-refractivity contribution in [3.05, 3.63) is 63.6 Å². The van der Waals surface area contributed by atoms with Gasteiger partial charge >= 0.3 is 10.2 Å². The Bertz CT molecular complexity index is 875. The Morgan fingerprint density at radius 1 is 0.909 bits per heavy atom. The molecule has 8 heteroatoms. The van der Waals surface area contributed by atoms with E-state index < -0.39 is 21.2 Å². The molecular formula is C14H9ClF5NS. The van der Waals surface area contributed by atoms with Crippen LogP contribution in [0, 0.1) is 0 Å². The molecule has 0 aliphatic carbocycles. The molecule has 0 bridgehead atoms. The number of halogens is 6. The van der Waals surface area contributed by atoms with Crippen molar-refractivity contribution in [2.45, 2.75) is 10.9 Å². The predicted octanol–water partition coefficient (Wildman–Crippen LogP) is 5.15. The van der Waals surface area contributed by atoms with Gasteiger partial charge in [0.1, 0.15) is 4.90 Å². The molecule has 0 saturated heterocycles. The Hall–Kier alpha value is -1.60. The molecule has 1 aliphatic heterocycles. The molecule has 118 valence electrons. The minimum absolute atomic E-state index is 0.0919. The van der Waals surface area contributed by atoms with Gasteiger partial charge in [0.2, 0.25) is 0 Å². The molecule has 0 aromatic heterocycles. The lowest BCUT2D eigenvalue weighted by Gasteiger charge is -2.40.